The summed E-state index contributed by atoms with van der Waals surface area (Å²) < 4.78 is 33.4. The minimum absolute atomic E-state index is 0.183. The Morgan fingerprint density at radius 1 is 1.00 bits per heavy atom. The molecule has 0 heterocycles. The summed E-state index contributed by atoms with van der Waals surface area (Å²) in [7, 11) is 0. The van der Waals surface area contributed by atoms with Gasteiger partial charge < -0.3 is 4.74 Å². The van der Waals surface area contributed by atoms with Gasteiger partial charge in [0.25, 0.3) is 0 Å². The Morgan fingerprint density at radius 2 is 1.74 bits per heavy atom. The van der Waals surface area contributed by atoms with Gasteiger partial charge in [0.05, 0.1) is 11.6 Å². The van der Waals surface area contributed by atoms with Crippen molar-refractivity contribution in [2.24, 2.45) is 0 Å². The van der Waals surface area contributed by atoms with E-state index in [1.807, 2.05) is 6.07 Å². The second kappa shape index (κ2) is 8.61. The van der Waals surface area contributed by atoms with E-state index >= 15 is 0 Å². The van der Waals surface area contributed by atoms with E-state index in [0.29, 0.717) is 28.0 Å². The number of nitriles is 1. The van der Waals surface area contributed by atoms with E-state index < -0.39 is 5.82 Å². The highest BCUT2D eigenvalue weighted by Crippen LogP contribution is 2.28. The third-order valence-electron chi connectivity index (χ3n) is 3.81. The molecule has 3 rings (SSSR count). The van der Waals surface area contributed by atoms with Gasteiger partial charge in [-0.2, -0.15) is 5.26 Å². The van der Waals surface area contributed by atoms with Gasteiger partial charge in [-0.25, -0.2) is 8.78 Å². The zero-order valence-electron chi connectivity index (χ0n) is 14.1. The Labute approximate surface area is 164 Å². The molecule has 3 aromatic rings. The van der Waals surface area contributed by atoms with E-state index in [2.05, 4.69) is 22.0 Å². The molecule has 2 nitrogen and oxygen atoms in total. The molecule has 0 saturated heterocycles. The monoisotopic (exact) mass is 425 g/mol. The van der Waals surface area contributed by atoms with Gasteiger partial charge >= 0.3 is 0 Å². The van der Waals surface area contributed by atoms with Crippen molar-refractivity contribution in [2.75, 3.05) is 0 Å². The molecule has 0 unspecified atom stereocenters. The van der Waals surface area contributed by atoms with Crippen molar-refractivity contribution in [3.05, 3.63) is 99.5 Å². The second-order valence-corrected chi connectivity index (χ2v) is 6.70. The molecular formula is C22H14BrF2NO. The maximum Gasteiger partial charge on any atom is 0.127 e. The molecule has 0 aliphatic rings. The normalized spacial score (nSPS) is 11.1. The van der Waals surface area contributed by atoms with Crippen LogP contribution in [0.15, 0.2) is 71.2 Å². The second-order valence-electron chi connectivity index (χ2n) is 5.78. The minimum atomic E-state index is -0.412. The summed E-state index contributed by atoms with van der Waals surface area (Å²) in [6.45, 7) is 0.183. The Kier molecular flexibility index (Phi) is 6.00. The van der Waals surface area contributed by atoms with Crippen LogP contribution in [-0.2, 0) is 6.61 Å². The first-order chi connectivity index (χ1) is 13.0. The van der Waals surface area contributed by atoms with Crippen LogP contribution < -0.4 is 4.74 Å². The predicted molar refractivity (Wildman–Crippen MR) is 105 cm³/mol. The highest BCUT2D eigenvalue weighted by atomic mass is 79.9. The van der Waals surface area contributed by atoms with Gasteiger partial charge in [0.1, 0.15) is 24.0 Å². The number of rotatable bonds is 5. The van der Waals surface area contributed by atoms with Gasteiger partial charge in [-0.1, -0.05) is 40.2 Å². The van der Waals surface area contributed by atoms with Crippen molar-refractivity contribution in [2.45, 2.75) is 6.61 Å². The predicted octanol–water partition coefficient (Wildman–Crippen LogP) is 6.37. The number of hydrogen-bond donors (Lipinski definition) is 0. The minimum Gasteiger partial charge on any atom is -0.488 e. The van der Waals surface area contributed by atoms with Gasteiger partial charge in [-0.3, -0.25) is 0 Å². The van der Waals surface area contributed by atoms with Crippen LogP contribution in [0.3, 0.4) is 0 Å². The first-order valence-electron chi connectivity index (χ1n) is 8.10. The molecule has 0 aromatic heterocycles. The van der Waals surface area contributed by atoms with E-state index in [9.17, 15) is 14.0 Å². The molecule has 0 atom stereocenters. The Balaban J connectivity index is 1.92. The van der Waals surface area contributed by atoms with E-state index in [0.717, 1.165) is 4.47 Å². The first-order valence-corrected chi connectivity index (χ1v) is 8.89. The summed E-state index contributed by atoms with van der Waals surface area (Å²) >= 11 is 3.40. The molecule has 0 aliphatic heterocycles. The number of benzene rings is 3. The summed E-state index contributed by atoms with van der Waals surface area (Å²) in [4.78, 5) is 0. The SMILES string of the molecule is N#C/C(=C/c1cc(Br)ccc1OCc1cccc(F)c1)c1cccc(F)c1. The molecule has 27 heavy (non-hydrogen) atoms. The number of hydrogen-bond acceptors (Lipinski definition) is 2. The van der Waals surface area contributed by atoms with Crippen LogP contribution >= 0.6 is 15.9 Å². The average molecular weight is 426 g/mol. The van der Waals surface area contributed by atoms with Gasteiger partial charge in [-0.05, 0) is 59.7 Å². The van der Waals surface area contributed by atoms with Gasteiger partial charge in [0.15, 0.2) is 0 Å². The van der Waals surface area contributed by atoms with Crippen LogP contribution in [0.25, 0.3) is 11.6 Å². The molecule has 3 aromatic carbocycles. The fourth-order valence-electron chi connectivity index (χ4n) is 2.54. The molecule has 134 valence electrons. The van der Waals surface area contributed by atoms with Crippen molar-refractivity contribution >= 4 is 27.6 Å². The maximum atomic E-state index is 13.5. The van der Waals surface area contributed by atoms with Crippen molar-refractivity contribution < 1.29 is 13.5 Å². The lowest BCUT2D eigenvalue weighted by Gasteiger charge is -2.11. The molecule has 0 amide bonds. The third-order valence-corrected chi connectivity index (χ3v) is 4.30. The van der Waals surface area contributed by atoms with Crippen molar-refractivity contribution in [1.29, 1.82) is 5.26 Å². The smallest absolute Gasteiger partial charge is 0.127 e. The number of allylic oxidation sites excluding steroid dienone is 1. The quantitative estimate of drug-likeness (QED) is 0.351. The molecule has 5 heteroatoms. The van der Waals surface area contributed by atoms with Gasteiger partial charge in [-0.15, -0.1) is 0 Å². The van der Waals surface area contributed by atoms with Gasteiger partial charge in [0, 0.05) is 10.0 Å². The zero-order valence-corrected chi connectivity index (χ0v) is 15.7. The summed E-state index contributed by atoms with van der Waals surface area (Å²) in [6.07, 6.45) is 1.64. The lowest BCUT2D eigenvalue weighted by atomic mass is 10.0. The standard InChI is InChI=1S/C22H14BrF2NO/c23-19-7-8-22(27-14-15-3-1-5-20(24)9-15)17(11-19)10-18(13-26)16-4-2-6-21(25)12-16/h1-12H,14H2/b18-10-. The zero-order chi connectivity index (χ0) is 19.2. The first kappa shape index (κ1) is 18.8. The Morgan fingerprint density at radius 3 is 2.44 bits per heavy atom. The Hall–Kier alpha value is -2.97. The lowest BCUT2D eigenvalue weighted by Crippen LogP contribution is -1.98. The molecule has 0 saturated carbocycles. The molecule has 0 bridgehead atoms. The molecular weight excluding hydrogens is 412 g/mol. The molecule has 0 aliphatic carbocycles. The van der Waals surface area contributed by atoms with E-state index in [-0.39, 0.29) is 12.4 Å². The highest BCUT2D eigenvalue weighted by Gasteiger charge is 2.08. The van der Waals surface area contributed by atoms with Crippen LogP contribution in [0, 0.1) is 23.0 Å². The largest absolute Gasteiger partial charge is 0.488 e. The van der Waals surface area contributed by atoms with Crippen LogP contribution in [0.2, 0.25) is 0 Å². The van der Waals surface area contributed by atoms with Crippen molar-refractivity contribution in [3.63, 3.8) is 0 Å². The average Bonchev–Trinajstić information content (AvgIpc) is 2.65. The highest BCUT2D eigenvalue weighted by molar-refractivity contribution is 9.10. The van der Waals surface area contributed by atoms with Crippen LogP contribution in [-0.4, -0.2) is 0 Å². The number of halogens is 3. The van der Waals surface area contributed by atoms with Crippen molar-refractivity contribution in [3.8, 4) is 11.8 Å². The molecule has 0 N–H and O–H groups in total. The van der Waals surface area contributed by atoms with E-state index in [1.165, 1.54) is 24.3 Å². The van der Waals surface area contributed by atoms with Crippen LogP contribution in [0.1, 0.15) is 16.7 Å². The summed E-state index contributed by atoms with van der Waals surface area (Å²) in [5.74, 6) is -0.206. The fourth-order valence-corrected chi connectivity index (χ4v) is 2.92. The number of nitrogens with zero attached hydrogens (tertiary/aromatic N) is 1. The summed E-state index contributed by atoms with van der Waals surface area (Å²) in [5.41, 5.74) is 2.14. The van der Waals surface area contributed by atoms with Crippen LogP contribution in [0.4, 0.5) is 8.78 Å². The molecule has 0 spiro atoms. The van der Waals surface area contributed by atoms with Crippen molar-refractivity contribution in [1.82, 2.24) is 0 Å². The lowest BCUT2D eigenvalue weighted by molar-refractivity contribution is 0.305. The summed E-state index contributed by atoms with van der Waals surface area (Å²) in [6, 6.07) is 19.5. The fraction of sp³-hybridized carbons (Fsp3) is 0.0455. The Bertz CT molecular complexity index is 1040. The third kappa shape index (κ3) is 5.02. The summed E-state index contributed by atoms with van der Waals surface area (Å²) in [5, 5.41) is 9.50. The number of ether oxygens (including phenoxy) is 1. The van der Waals surface area contributed by atoms with E-state index in [1.54, 1.807) is 42.5 Å². The van der Waals surface area contributed by atoms with Gasteiger partial charge in [0.2, 0.25) is 0 Å². The van der Waals surface area contributed by atoms with Crippen LogP contribution in [0.5, 0.6) is 5.75 Å². The molecule has 0 fully saturated rings. The maximum absolute atomic E-state index is 13.5. The van der Waals surface area contributed by atoms with E-state index in [4.69, 9.17) is 4.74 Å². The topological polar surface area (TPSA) is 33.0 Å². The molecule has 0 radical (unpaired) electrons.